The summed E-state index contributed by atoms with van der Waals surface area (Å²) in [6.07, 6.45) is 4.26. The van der Waals surface area contributed by atoms with Gasteiger partial charge >= 0.3 is 0 Å². The van der Waals surface area contributed by atoms with Gasteiger partial charge in [-0.1, -0.05) is 11.6 Å². The van der Waals surface area contributed by atoms with E-state index < -0.39 is 0 Å². The average Bonchev–Trinajstić information content (AvgIpc) is 3.38. The maximum atomic E-state index is 12.6. The number of fused-ring (bicyclic) bond motifs is 3. The molecule has 0 N–H and O–H groups in total. The summed E-state index contributed by atoms with van der Waals surface area (Å²) in [7, 11) is 1.76. The van der Waals surface area contributed by atoms with Gasteiger partial charge in [-0.15, -0.1) is 0 Å². The topological polar surface area (TPSA) is 52.2 Å². The van der Waals surface area contributed by atoms with Crippen LogP contribution in [-0.4, -0.2) is 19.2 Å². The molecule has 0 amide bonds. The molecular formula is C19H15ClN4O. The Morgan fingerprint density at radius 1 is 1.16 bits per heavy atom. The van der Waals surface area contributed by atoms with Crippen molar-refractivity contribution in [3.8, 4) is 11.3 Å². The maximum absolute atomic E-state index is 12.6. The van der Waals surface area contributed by atoms with E-state index in [-0.39, 0.29) is 5.56 Å². The molecule has 3 heterocycles. The average molecular weight is 351 g/mol. The molecule has 4 aromatic rings. The molecule has 1 aliphatic carbocycles. The Morgan fingerprint density at radius 3 is 2.80 bits per heavy atom. The van der Waals surface area contributed by atoms with Crippen molar-refractivity contribution in [1.82, 2.24) is 19.2 Å². The molecule has 1 aromatic carbocycles. The number of halogens is 1. The van der Waals surface area contributed by atoms with Gasteiger partial charge in [0.05, 0.1) is 16.6 Å². The van der Waals surface area contributed by atoms with Crippen molar-refractivity contribution in [3.05, 3.63) is 63.7 Å². The Kier molecular flexibility index (Phi) is 3.03. The maximum Gasteiger partial charge on any atom is 0.261 e. The lowest BCUT2D eigenvalue weighted by Crippen LogP contribution is -2.19. The number of aryl methyl sites for hydroxylation is 1. The molecule has 0 aliphatic heterocycles. The first-order valence-corrected chi connectivity index (χ1v) is 8.64. The molecule has 124 valence electrons. The van der Waals surface area contributed by atoms with E-state index >= 15 is 0 Å². The van der Waals surface area contributed by atoms with E-state index in [1.54, 1.807) is 28.3 Å². The molecule has 5 rings (SSSR count). The first kappa shape index (κ1) is 14.7. The molecule has 0 radical (unpaired) electrons. The van der Waals surface area contributed by atoms with Gasteiger partial charge in [-0.05, 0) is 43.2 Å². The molecule has 5 nitrogen and oxygen atoms in total. The third-order valence-corrected chi connectivity index (χ3v) is 5.06. The number of aromatic nitrogens is 4. The summed E-state index contributed by atoms with van der Waals surface area (Å²) in [5.41, 5.74) is 4.41. The number of hydrogen-bond donors (Lipinski definition) is 0. The third kappa shape index (κ3) is 2.27. The van der Waals surface area contributed by atoms with E-state index in [9.17, 15) is 4.79 Å². The second-order valence-electron chi connectivity index (χ2n) is 6.57. The second-order valence-corrected chi connectivity index (χ2v) is 7.01. The van der Waals surface area contributed by atoms with E-state index in [0.717, 1.165) is 28.1 Å². The summed E-state index contributed by atoms with van der Waals surface area (Å²) < 4.78 is 3.41. The standard InChI is InChI=1S/C19H15ClN4O/c1-23-18-10-16(12-6-7-21-15(8-12)11-2-3-11)22-24(18)17-5-4-13(20)9-14(17)19(23)25/h4-11H,2-3H2,1H3. The predicted octanol–water partition coefficient (Wildman–Crippen LogP) is 3.78. The van der Waals surface area contributed by atoms with Crippen molar-refractivity contribution in [3.63, 3.8) is 0 Å². The molecule has 25 heavy (non-hydrogen) atoms. The van der Waals surface area contributed by atoms with Gasteiger partial charge in [-0.3, -0.25) is 14.3 Å². The fourth-order valence-electron chi connectivity index (χ4n) is 3.29. The van der Waals surface area contributed by atoms with Crippen molar-refractivity contribution in [1.29, 1.82) is 0 Å². The smallest absolute Gasteiger partial charge is 0.261 e. The zero-order valence-corrected chi connectivity index (χ0v) is 14.4. The van der Waals surface area contributed by atoms with Crippen LogP contribution in [0.3, 0.4) is 0 Å². The van der Waals surface area contributed by atoms with Gasteiger partial charge in [0.2, 0.25) is 0 Å². The lowest BCUT2D eigenvalue weighted by Gasteiger charge is -2.06. The van der Waals surface area contributed by atoms with Crippen LogP contribution in [0.2, 0.25) is 5.02 Å². The molecule has 6 heteroatoms. The van der Waals surface area contributed by atoms with E-state index in [1.165, 1.54) is 12.8 Å². The van der Waals surface area contributed by atoms with Crippen LogP contribution in [0, 0.1) is 0 Å². The Morgan fingerprint density at radius 2 is 2.00 bits per heavy atom. The fraction of sp³-hybridized carbons (Fsp3) is 0.211. The Labute approximate surface area is 148 Å². The number of rotatable bonds is 2. The zero-order valence-electron chi connectivity index (χ0n) is 13.6. The fourth-order valence-corrected chi connectivity index (χ4v) is 3.46. The first-order chi connectivity index (χ1) is 12.1. The van der Waals surface area contributed by atoms with Gasteiger partial charge in [0, 0.05) is 41.5 Å². The van der Waals surface area contributed by atoms with E-state index in [1.807, 2.05) is 24.4 Å². The quantitative estimate of drug-likeness (QED) is 0.553. The minimum absolute atomic E-state index is 0.0788. The largest absolute Gasteiger partial charge is 0.296 e. The SMILES string of the molecule is Cn1c(=O)c2cc(Cl)ccc2n2nc(-c3ccnc(C4CC4)c3)cc12. The van der Waals surface area contributed by atoms with Crippen molar-refractivity contribution in [2.75, 3.05) is 0 Å². The van der Waals surface area contributed by atoms with Crippen molar-refractivity contribution in [2.24, 2.45) is 7.05 Å². The van der Waals surface area contributed by atoms with E-state index in [0.29, 0.717) is 16.3 Å². The molecular weight excluding hydrogens is 336 g/mol. The van der Waals surface area contributed by atoms with Crippen LogP contribution >= 0.6 is 11.6 Å². The minimum atomic E-state index is -0.0788. The highest BCUT2D eigenvalue weighted by Gasteiger charge is 2.25. The molecule has 0 saturated heterocycles. The van der Waals surface area contributed by atoms with E-state index in [4.69, 9.17) is 16.7 Å². The Hall–Kier alpha value is -2.66. The molecule has 0 atom stereocenters. The highest BCUT2D eigenvalue weighted by Crippen LogP contribution is 2.39. The van der Waals surface area contributed by atoms with Crippen LogP contribution in [0.15, 0.2) is 47.4 Å². The molecule has 0 unspecified atom stereocenters. The molecule has 1 fully saturated rings. The van der Waals surface area contributed by atoms with Crippen LogP contribution < -0.4 is 5.56 Å². The lowest BCUT2D eigenvalue weighted by atomic mass is 10.1. The first-order valence-electron chi connectivity index (χ1n) is 8.26. The number of nitrogens with zero attached hydrogens (tertiary/aromatic N) is 4. The molecule has 3 aromatic heterocycles. The number of pyridine rings is 1. The normalized spacial score (nSPS) is 14.5. The van der Waals surface area contributed by atoms with Crippen molar-refractivity contribution >= 4 is 28.2 Å². The summed E-state index contributed by atoms with van der Waals surface area (Å²) in [5.74, 6) is 0.587. The summed E-state index contributed by atoms with van der Waals surface area (Å²) in [6, 6.07) is 11.3. The number of benzene rings is 1. The second kappa shape index (κ2) is 5.17. The van der Waals surface area contributed by atoms with Crippen LogP contribution in [0.1, 0.15) is 24.5 Å². The predicted molar refractivity (Wildman–Crippen MR) is 98.2 cm³/mol. The summed E-state index contributed by atoms with van der Waals surface area (Å²) >= 11 is 6.06. The van der Waals surface area contributed by atoms with Gasteiger partial charge in [0.25, 0.3) is 5.56 Å². The summed E-state index contributed by atoms with van der Waals surface area (Å²) in [6.45, 7) is 0. The molecule has 0 spiro atoms. The van der Waals surface area contributed by atoms with Crippen molar-refractivity contribution in [2.45, 2.75) is 18.8 Å². The van der Waals surface area contributed by atoms with Crippen LogP contribution in [0.25, 0.3) is 27.8 Å². The van der Waals surface area contributed by atoms with Crippen LogP contribution in [-0.2, 0) is 7.05 Å². The number of hydrogen-bond acceptors (Lipinski definition) is 3. The van der Waals surface area contributed by atoms with Gasteiger partial charge in [0.1, 0.15) is 5.65 Å². The minimum Gasteiger partial charge on any atom is -0.296 e. The summed E-state index contributed by atoms with van der Waals surface area (Å²) in [4.78, 5) is 17.1. The Bertz CT molecular complexity index is 1200. The van der Waals surface area contributed by atoms with Gasteiger partial charge in [-0.2, -0.15) is 5.10 Å². The zero-order chi connectivity index (χ0) is 17.1. The molecule has 1 aliphatic rings. The lowest BCUT2D eigenvalue weighted by molar-refractivity contribution is 0.850. The van der Waals surface area contributed by atoms with Crippen molar-refractivity contribution < 1.29 is 0 Å². The van der Waals surface area contributed by atoms with Gasteiger partial charge in [0.15, 0.2) is 0 Å². The molecule has 0 bridgehead atoms. The van der Waals surface area contributed by atoms with E-state index in [2.05, 4.69) is 11.1 Å². The summed E-state index contributed by atoms with van der Waals surface area (Å²) in [5, 5.41) is 5.85. The van der Waals surface area contributed by atoms with Crippen LogP contribution in [0.5, 0.6) is 0 Å². The highest BCUT2D eigenvalue weighted by molar-refractivity contribution is 6.31. The monoisotopic (exact) mass is 350 g/mol. The molecule has 1 saturated carbocycles. The van der Waals surface area contributed by atoms with Crippen LogP contribution in [0.4, 0.5) is 0 Å². The van der Waals surface area contributed by atoms with Gasteiger partial charge in [-0.25, -0.2) is 4.52 Å². The van der Waals surface area contributed by atoms with Gasteiger partial charge < -0.3 is 0 Å². The Balaban J connectivity index is 1.79. The highest BCUT2D eigenvalue weighted by atomic mass is 35.5. The third-order valence-electron chi connectivity index (χ3n) is 4.83.